The van der Waals surface area contributed by atoms with Crippen LogP contribution in [0.3, 0.4) is 0 Å². The van der Waals surface area contributed by atoms with E-state index in [1.807, 2.05) is 28.8 Å². The summed E-state index contributed by atoms with van der Waals surface area (Å²) in [5.41, 5.74) is 1.42. The standard InChI is InChI=1S/C15H17F3N4O/c16-15(17,18)11-4-3-7-22(9-11)14(23)19-8-12-10-21-6-2-1-5-13(21)20-12/h1-2,5-6,10-11H,3-4,7-9H2,(H,19,23). The van der Waals surface area contributed by atoms with Gasteiger partial charge in [0.15, 0.2) is 0 Å². The number of aromatic nitrogens is 2. The molecule has 3 rings (SSSR count). The van der Waals surface area contributed by atoms with Gasteiger partial charge in [-0.2, -0.15) is 13.2 Å². The van der Waals surface area contributed by atoms with Crippen LogP contribution in [0.1, 0.15) is 18.5 Å². The van der Waals surface area contributed by atoms with Gasteiger partial charge >= 0.3 is 12.2 Å². The zero-order chi connectivity index (χ0) is 16.4. The molecule has 1 aliphatic heterocycles. The molecular weight excluding hydrogens is 309 g/mol. The Morgan fingerprint density at radius 3 is 2.96 bits per heavy atom. The molecule has 1 N–H and O–H groups in total. The molecule has 1 saturated heterocycles. The van der Waals surface area contributed by atoms with Crippen LogP contribution in [0.25, 0.3) is 5.65 Å². The zero-order valence-corrected chi connectivity index (χ0v) is 12.4. The lowest BCUT2D eigenvalue weighted by Crippen LogP contribution is -2.48. The monoisotopic (exact) mass is 326 g/mol. The highest BCUT2D eigenvalue weighted by atomic mass is 19.4. The van der Waals surface area contributed by atoms with Crippen molar-refractivity contribution in [2.75, 3.05) is 13.1 Å². The third-order valence-corrected chi connectivity index (χ3v) is 4.01. The van der Waals surface area contributed by atoms with Gasteiger partial charge in [0, 0.05) is 25.5 Å². The van der Waals surface area contributed by atoms with Crippen molar-refractivity contribution < 1.29 is 18.0 Å². The molecule has 5 nitrogen and oxygen atoms in total. The number of carbonyl (C=O) groups is 1. The van der Waals surface area contributed by atoms with Gasteiger partial charge < -0.3 is 14.6 Å². The van der Waals surface area contributed by atoms with Crippen molar-refractivity contribution in [2.24, 2.45) is 5.92 Å². The molecule has 1 unspecified atom stereocenters. The van der Waals surface area contributed by atoms with Crippen molar-refractivity contribution in [1.29, 1.82) is 0 Å². The molecule has 0 bridgehead atoms. The summed E-state index contributed by atoms with van der Waals surface area (Å²) in [6, 6.07) is 5.08. The molecule has 0 aromatic carbocycles. The van der Waals surface area contributed by atoms with Crippen LogP contribution < -0.4 is 5.32 Å². The second kappa shape index (κ2) is 6.10. The van der Waals surface area contributed by atoms with Crippen LogP contribution in [-0.4, -0.2) is 39.6 Å². The minimum absolute atomic E-state index is 0.0831. The number of nitrogens with zero attached hydrogens (tertiary/aromatic N) is 3. The van der Waals surface area contributed by atoms with Gasteiger partial charge in [-0.05, 0) is 25.0 Å². The van der Waals surface area contributed by atoms with Crippen molar-refractivity contribution in [3.05, 3.63) is 36.3 Å². The molecule has 124 valence electrons. The lowest BCUT2D eigenvalue weighted by atomic mass is 9.98. The van der Waals surface area contributed by atoms with E-state index >= 15 is 0 Å². The first-order valence-corrected chi connectivity index (χ1v) is 7.45. The van der Waals surface area contributed by atoms with Gasteiger partial charge in [-0.25, -0.2) is 9.78 Å². The van der Waals surface area contributed by atoms with Crippen molar-refractivity contribution in [3.8, 4) is 0 Å². The zero-order valence-electron chi connectivity index (χ0n) is 12.4. The number of nitrogens with one attached hydrogen (secondary N) is 1. The van der Waals surface area contributed by atoms with E-state index in [1.165, 1.54) is 4.90 Å². The molecular formula is C15H17F3N4O. The summed E-state index contributed by atoms with van der Waals surface area (Å²) in [6.07, 6.45) is -0.178. The second-order valence-electron chi connectivity index (χ2n) is 5.68. The number of hydrogen-bond acceptors (Lipinski definition) is 2. The minimum atomic E-state index is -4.25. The Morgan fingerprint density at radius 1 is 1.39 bits per heavy atom. The largest absolute Gasteiger partial charge is 0.393 e. The summed E-state index contributed by atoms with van der Waals surface area (Å²) >= 11 is 0. The van der Waals surface area contributed by atoms with Crippen molar-refractivity contribution in [2.45, 2.75) is 25.6 Å². The average molecular weight is 326 g/mol. The summed E-state index contributed by atoms with van der Waals surface area (Å²) in [7, 11) is 0. The molecule has 1 aliphatic rings. The first kappa shape index (κ1) is 15.6. The number of likely N-dealkylation sites (tertiary alicyclic amines) is 1. The molecule has 0 radical (unpaired) electrons. The maximum absolute atomic E-state index is 12.8. The van der Waals surface area contributed by atoms with Crippen molar-refractivity contribution in [1.82, 2.24) is 19.6 Å². The van der Waals surface area contributed by atoms with Gasteiger partial charge in [0.2, 0.25) is 0 Å². The van der Waals surface area contributed by atoms with Crippen LogP contribution in [0.4, 0.5) is 18.0 Å². The molecule has 3 heterocycles. The molecule has 1 atom stereocenters. The number of hydrogen-bond donors (Lipinski definition) is 1. The third kappa shape index (κ3) is 3.57. The lowest BCUT2D eigenvalue weighted by Gasteiger charge is -2.33. The van der Waals surface area contributed by atoms with E-state index in [2.05, 4.69) is 10.3 Å². The SMILES string of the molecule is O=C(NCc1cn2ccccc2n1)N1CCCC(C(F)(F)F)C1. The molecule has 2 aromatic rings. The Hall–Kier alpha value is -2.25. The van der Waals surface area contributed by atoms with Crippen LogP contribution in [-0.2, 0) is 6.54 Å². The Bertz CT molecular complexity index is 664. The van der Waals surface area contributed by atoms with Gasteiger partial charge in [-0.15, -0.1) is 0 Å². The van der Waals surface area contributed by atoms with Gasteiger partial charge in [-0.3, -0.25) is 0 Å². The van der Waals surface area contributed by atoms with E-state index in [0.29, 0.717) is 18.7 Å². The number of imidazole rings is 1. The fraction of sp³-hybridized carbons (Fsp3) is 0.467. The van der Waals surface area contributed by atoms with Crippen molar-refractivity contribution in [3.63, 3.8) is 0 Å². The molecule has 8 heteroatoms. The highest BCUT2D eigenvalue weighted by Gasteiger charge is 2.42. The quantitative estimate of drug-likeness (QED) is 0.922. The molecule has 0 saturated carbocycles. The van der Waals surface area contributed by atoms with Crippen LogP contribution in [0.15, 0.2) is 30.6 Å². The van der Waals surface area contributed by atoms with Crippen LogP contribution >= 0.6 is 0 Å². The number of halogens is 3. The Balaban J connectivity index is 1.58. The smallest absolute Gasteiger partial charge is 0.332 e. The minimum Gasteiger partial charge on any atom is -0.332 e. The third-order valence-electron chi connectivity index (χ3n) is 4.01. The van der Waals surface area contributed by atoms with E-state index in [9.17, 15) is 18.0 Å². The van der Waals surface area contributed by atoms with E-state index in [4.69, 9.17) is 0 Å². The van der Waals surface area contributed by atoms with E-state index < -0.39 is 18.1 Å². The lowest BCUT2D eigenvalue weighted by molar-refractivity contribution is -0.184. The highest BCUT2D eigenvalue weighted by molar-refractivity contribution is 5.74. The predicted molar refractivity (Wildman–Crippen MR) is 77.8 cm³/mol. The maximum Gasteiger partial charge on any atom is 0.393 e. The number of piperidine rings is 1. The Morgan fingerprint density at radius 2 is 2.22 bits per heavy atom. The molecule has 0 spiro atoms. The molecule has 1 fully saturated rings. The molecule has 2 amide bonds. The number of urea groups is 1. The normalized spacial score (nSPS) is 19.1. The Kier molecular flexibility index (Phi) is 4.14. The number of pyridine rings is 1. The number of fused-ring (bicyclic) bond motifs is 1. The van der Waals surface area contributed by atoms with E-state index in [1.54, 1.807) is 6.20 Å². The maximum atomic E-state index is 12.8. The number of alkyl halides is 3. The topological polar surface area (TPSA) is 49.6 Å². The van der Waals surface area contributed by atoms with Gasteiger partial charge in [0.25, 0.3) is 0 Å². The van der Waals surface area contributed by atoms with E-state index in [-0.39, 0.29) is 19.5 Å². The van der Waals surface area contributed by atoms with Gasteiger partial charge in [0.1, 0.15) is 5.65 Å². The number of carbonyl (C=O) groups excluding carboxylic acids is 1. The second-order valence-corrected chi connectivity index (χ2v) is 5.68. The first-order valence-electron chi connectivity index (χ1n) is 7.45. The molecule has 0 aliphatic carbocycles. The van der Waals surface area contributed by atoms with Gasteiger partial charge in [0.05, 0.1) is 18.2 Å². The average Bonchev–Trinajstić information content (AvgIpc) is 2.95. The number of amides is 2. The number of rotatable bonds is 2. The van der Waals surface area contributed by atoms with Crippen molar-refractivity contribution >= 4 is 11.7 Å². The highest BCUT2D eigenvalue weighted by Crippen LogP contribution is 2.33. The summed E-state index contributed by atoms with van der Waals surface area (Å²) < 4.78 is 40.1. The van der Waals surface area contributed by atoms with E-state index in [0.717, 1.165) is 5.65 Å². The summed E-state index contributed by atoms with van der Waals surface area (Å²) in [5.74, 6) is -1.43. The summed E-state index contributed by atoms with van der Waals surface area (Å²) in [5, 5.41) is 2.65. The van der Waals surface area contributed by atoms with Gasteiger partial charge in [-0.1, -0.05) is 6.07 Å². The molecule has 2 aromatic heterocycles. The summed E-state index contributed by atoms with van der Waals surface area (Å²) in [4.78, 5) is 17.6. The Labute approximate surface area is 131 Å². The fourth-order valence-corrected chi connectivity index (χ4v) is 2.78. The van der Waals surface area contributed by atoms with Crippen LogP contribution in [0.2, 0.25) is 0 Å². The first-order chi connectivity index (χ1) is 10.9. The predicted octanol–water partition coefficient (Wildman–Crippen LogP) is 2.82. The van der Waals surface area contributed by atoms with Crippen LogP contribution in [0, 0.1) is 5.92 Å². The molecule has 23 heavy (non-hydrogen) atoms. The fourth-order valence-electron chi connectivity index (χ4n) is 2.78. The van der Waals surface area contributed by atoms with Crippen LogP contribution in [0.5, 0.6) is 0 Å². The summed E-state index contributed by atoms with van der Waals surface area (Å²) in [6.45, 7) is 0.262.